The molecule has 4 N–H and O–H groups in total. The van der Waals surface area contributed by atoms with Crippen LogP contribution in [0.5, 0.6) is 0 Å². The summed E-state index contributed by atoms with van der Waals surface area (Å²) in [5, 5.41) is 1.85. The maximum atomic E-state index is 6.40. The lowest BCUT2D eigenvalue weighted by molar-refractivity contribution is 0.943. The van der Waals surface area contributed by atoms with E-state index in [-0.39, 0.29) is 0 Å². The van der Waals surface area contributed by atoms with Crippen molar-refractivity contribution in [1.82, 2.24) is 4.98 Å². The predicted octanol–water partition coefficient (Wildman–Crippen LogP) is 3.91. The van der Waals surface area contributed by atoms with Crippen molar-refractivity contribution in [2.24, 2.45) is 11.5 Å². The van der Waals surface area contributed by atoms with E-state index < -0.39 is 0 Å². The van der Waals surface area contributed by atoms with Crippen molar-refractivity contribution in [2.75, 3.05) is 18.0 Å². The summed E-state index contributed by atoms with van der Waals surface area (Å²) in [6, 6.07) is 5.72. The third-order valence-corrected chi connectivity index (χ3v) is 4.85. The molecule has 1 aliphatic rings. The van der Waals surface area contributed by atoms with Gasteiger partial charge in [-0.3, -0.25) is 0 Å². The smallest absolute Gasteiger partial charge is 0.129 e. The SMILES string of the molecule is NC=C(/C=C\N)c1cc(N2CCCC2)nc2c(Cl)c(Cl)ccc12. The second kappa shape index (κ2) is 6.69. The molecule has 3 rings (SSSR count). The molecule has 0 bridgehead atoms. The first-order chi connectivity index (χ1) is 11.2. The summed E-state index contributed by atoms with van der Waals surface area (Å²) < 4.78 is 0. The van der Waals surface area contributed by atoms with Crippen LogP contribution >= 0.6 is 23.2 Å². The highest BCUT2D eigenvalue weighted by atomic mass is 35.5. The molecule has 1 saturated heterocycles. The molecule has 2 heterocycles. The van der Waals surface area contributed by atoms with Crippen molar-refractivity contribution in [1.29, 1.82) is 0 Å². The number of benzene rings is 1. The van der Waals surface area contributed by atoms with Crippen molar-refractivity contribution in [3.8, 4) is 0 Å². The lowest BCUT2D eigenvalue weighted by Gasteiger charge is -2.19. The van der Waals surface area contributed by atoms with Crippen LogP contribution in [-0.4, -0.2) is 18.1 Å². The molecule has 0 aliphatic carbocycles. The molecule has 1 aromatic carbocycles. The minimum Gasteiger partial charge on any atom is -0.405 e. The third kappa shape index (κ3) is 2.96. The van der Waals surface area contributed by atoms with Crippen molar-refractivity contribution in [2.45, 2.75) is 12.8 Å². The summed E-state index contributed by atoms with van der Waals surface area (Å²) >= 11 is 12.6. The Morgan fingerprint density at radius 1 is 1.17 bits per heavy atom. The number of pyridine rings is 1. The standard InChI is InChI=1S/C17H18Cl2N4/c18-14-4-3-12-13(11(10-21)5-6-20)9-15(22-17(12)16(14)19)23-7-1-2-8-23/h3-6,9-10H,1-2,7-8,20-21H2/b6-5-,11-10?. The fourth-order valence-electron chi connectivity index (χ4n) is 2.91. The summed E-state index contributed by atoms with van der Waals surface area (Å²) in [5.41, 5.74) is 13.8. The molecule has 4 nitrogen and oxygen atoms in total. The number of halogens is 2. The van der Waals surface area contributed by atoms with Gasteiger partial charge in [0.1, 0.15) is 5.82 Å². The van der Waals surface area contributed by atoms with Gasteiger partial charge in [0.25, 0.3) is 0 Å². The first-order valence-corrected chi connectivity index (χ1v) is 8.25. The highest BCUT2D eigenvalue weighted by molar-refractivity contribution is 6.45. The Morgan fingerprint density at radius 3 is 2.57 bits per heavy atom. The Bertz CT molecular complexity index is 793. The van der Waals surface area contributed by atoms with Crippen LogP contribution in [0.2, 0.25) is 10.0 Å². The molecule has 0 atom stereocenters. The van der Waals surface area contributed by atoms with Crippen LogP contribution in [0.25, 0.3) is 16.5 Å². The maximum absolute atomic E-state index is 6.40. The van der Waals surface area contributed by atoms with Crippen LogP contribution in [0.15, 0.2) is 36.7 Å². The van der Waals surface area contributed by atoms with Gasteiger partial charge in [0.2, 0.25) is 0 Å². The topological polar surface area (TPSA) is 68.2 Å². The quantitative estimate of drug-likeness (QED) is 0.825. The average Bonchev–Trinajstić information content (AvgIpc) is 3.10. The number of nitrogens with zero attached hydrogens (tertiary/aromatic N) is 2. The van der Waals surface area contributed by atoms with Crippen molar-refractivity contribution in [3.63, 3.8) is 0 Å². The van der Waals surface area contributed by atoms with Crippen LogP contribution < -0.4 is 16.4 Å². The molecule has 1 aromatic heterocycles. The number of anilines is 1. The number of hydrogen-bond donors (Lipinski definition) is 2. The molecule has 120 valence electrons. The van der Waals surface area contributed by atoms with Crippen LogP contribution in [0.4, 0.5) is 5.82 Å². The molecule has 0 unspecified atom stereocenters. The van der Waals surface area contributed by atoms with Crippen molar-refractivity contribution < 1.29 is 0 Å². The molecule has 0 spiro atoms. The Labute approximate surface area is 145 Å². The average molecular weight is 349 g/mol. The number of fused-ring (bicyclic) bond motifs is 1. The fourth-order valence-corrected chi connectivity index (χ4v) is 3.27. The number of rotatable bonds is 3. The first-order valence-electron chi connectivity index (χ1n) is 7.50. The lowest BCUT2D eigenvalue weighted by Crippen LogP contribution is -2.19. The van der Waals surface area contributed by atoms with Gasteiger partial charge < -0.3 is 16.4 Å². The summed E-state index contributed by atoms with van der Waals surface area (Å²) in [5.74, 6) is 0.888. The minimum absolute atomic E-state index is 0.458. The molecule has 1 aliphatic heterocycles. The van der Waals surface area contributed by atoms with E-state index >= 15 is 0 Å². The second-order valence-corrected chi connectivity index (χ2v) is 6.25. The van der Waals surface area contributed by atoms with E-state index in [0.29, 0.717) is 15.6 Å². The van der Waals surface area contributed by atoms with E-state index in [2.05, 4.69) is 4.90 Å². The Hall–Kier alpha value is -1.91. The fraction of sp³-hybridized carbons (Fsp3) is 0.235. The largest absolute Gasteiger partial charge is 0.405 e. The van der Waals surface area contributed by atoms with Crippen molar-refractivity contribution >= 4 is 45.5 Å². The van der Waals surface area contributed by atoms with Gasteiger partial charge in [0, 0.05) is 24.7 Å². The maximum Gasteiger partial charge on any atom is 0.129 e. The zero-order valence-corrected chi connectivity index (χ0v) is 14.1. The van der Waals surface area contributed by atoms with Gasteiger partial charge in [-0.15, -0.1) is 0 Å². The summed E-state index contributed by atoms with van der Waals surface area (Å²) in [6.45, 7) is 1.98. The van der Waals surface area contributed by atoms with E-state index in [1.165, 1.54) is 25.2 Å². The highest BCUT2D eigenvalue weighted by Crippen LogP contribution is 2.36. The van der Waals surface area contributed by atoms with E-state index in [0.717, 1.165) is 35.4 Å². The molecule has 0 amide bonds. The third-order valence-electron chi connectivity index (χ3n) is 4.06. The van der Waals surface area contributed by atoms with Gasteiger partial charge in [-0.1, -0.05) is 29.3 Å². The molecule has 6 heteroatoms. The number of nitrogens with two attached hydrogens (primary N) is 2. The van der Waals surface area contributed by atoms with Crippen LogP contribution in [-0.2, 0) is 0 Å². The Balaban J connectivity index is 2.29. The summed E-state index contributed by atoms with van der Waals surface area (Å²) in [7, 11) is 0. The van der Waals surface area contributed by atoms with Crippen LogP contribution in [0.3, 0.4) is 0 Å². The van der Waals surface area contributed by atoms with Gasteiger partial charge in [0.15, 0.2) is 0 Å². The molecule has 23 heavy (non-hydrogen) atoms. The van der Waals surface area contributed by atoms with E-state index in [1.54, 1.807) is 12.1 Å². The molecule has 1 fully saturated rings. The summed E-state index contributed by atoms with van der Waals surface area (Å²) in [6.07, 6.45) is 7.11. The number of allylic oxidation sites excluding steroid dienone is 2. The van der Waals surface area contributed by atoms with E-state index in [1.807, 2.05) is 12.1 Å². The predicted molar refractivity (Wildman–Crippen MR) is 98.7 cm³/mol. The van der Waals surface area contributed by atoms with E-state index in [9.17, 15) is 0 Å². The first kappa shape index (κ1) is 16.0. The zero-order chi connectivity index (χ0) is 16.4. The van der Waals surface area contributed by atoms with Gasteiger partial charge in [-0.25, -0.2) is 4.98 Å². The normalized spacial score (nSPS) is 15.9. The van der Waals surface area contributed by atoms with Crippen molar-refractivity contribution in [3.05, 3.63) is 52.3 Å². The van der Waals surface area contributed by atoms with Gasteiger partial charge in [0.05, 0.1) is 15.6 Å². The molecular formula is C17H18Cl2N4. The molecule has 0 saturated carbocycles. The monoisotopic (exact) mass is 348 g/mol. The van der Waals surface area contributed by atoms with Gasteiger partial charge >= 0.3 is 0 Å². The molecule has 0 radical (unpaired) electrons. The summed E-state index contributed by atoms with van der Waals surface area (Å²) in [4.78, 5) is 6.99. The number of hydrogen-bond acceptors (Lipinski definition) is 4. The van der Waals surface area contributed by atoms with Crippen LogP contribution in [0.1, 0.15) is 18.4 Å². The lowest BCUT2D eigenvalue weighted by atomic mass is 10.0. The van der Waals surface area contributed by atoms with Crippen LogP contribution in [0, 0.1) is 0 Å². The molecule has 2 aromatic rings. The van der Waals surface area contributed by atoms with Gasteiger partial charge in [-0.2, -0.15) is 0 Å². The van der Waals surface area contributed by atoms with Gasteiger partial charge in [-0.05, 0) is 48.4 Å². The Morgan fingerprint density at radius 2 is 1.91 bits per heavy atom. The second-order valence-electron chi connectivity index (χ2n) is 5.46. The highest BCUT2D eigenvalue weighted by Gasteiger charge is 2.18. The van der Waals surface area contributed by atoms with E-state index in [4.69, 9.17) is 39.7 Å². The minimum atomic E-state index is 0.458. The number of aromatic nitrogens is 1. The zero-order valence-electron chi connectivity index (χ0n) is 12.6. The molecular weight excluding hydrogens is 331 g/mol. The Kier molecular flexibility index (Phi) is 4.64.